The first-order chi connectivity index (χ1) is 19.0. The van der Waals surface area contributed by atoms with Crippen molar-refractivity contribution in [1.82, 2.24) is 4.98 Å². The summed E-state index contributed by atoms with van der Waals surface area (Å²) < 4.78 is 12.4. The van der Waals surface area contributed by atoms with Gasteiger partial charge in [0.05, 0.1) is 19.2 Å². The molecule has 0 spiro atoms. The van der Waals surface area contributed by atoms with Crippen LogP contribution in [0, 0.1) is 6.92 Å². The molecule has 3 aromatic carbocycles. The standard InChI is InChI=1S/C34H40ClNO3Si/c1-21(2)40(22(3)4,23(5)6)39-20-25-10-9-11-26(17-25)29-19-33(38-8)36-32-15-13-28(18-30(29)32)34(37)27-12-14-31(35)24(7)16-27/h9-19,21-23H,20H2,1-8H3. The molecular formula is C34H40ClNO3Si. The lowest BCUT2D eigenvalue weighted by Gasteiger charge is -2.42. The number of methoxy groups -OCH3 is 1. The van der Waals surface area contributed by atoms with E-state index in [1.54, 1.807) is 19.2 Å². The lowest BCUT2D eigenvalue weighted by molar-refractivity contribution is 0.103. The Hall–Kier alpha value is -2.99. The number of hydrogen-bond acceptors (Lipinski definition) is 4. The van der Waals surface area contributed by atoms with Crippen LogP contribution in [-0.4, -0.2) is 26.2 Å². The molecule has 0 amide bonds. The molecule has 0 radical (unpaired) electrons. The van der Waals surface area contributed by atoms with E-state index in [4.69, 9.17) is 20.8 Å². The summed E-state index contributed by atoms with van der Waals surface area (Å²) >= 11 is 6.19. The number of benzene rings is 3. The number of pyridine rings is 1. The fraction of sp³-hybridized carbons (Fsp3) is 0.353. The van der Waals surface area contributed by atoms with Crippen LogP contribution in [0.3, 0.4) is 0 Å². The number of aryl methyl sites for hydroxylation is 1. The number of halogens is 1. The Bertz CT molecular complexity index is 1510. The van der Waals surface area contributed by atoms with Gasteiger partial charge in [0.25, 0.3) is 0 Å². The second-order valence-corrected chi connectivity index (χ2v) is 17.4. The molecule has 0 aliphatic heterocycles. The number of aromatic nitrogens is 1. The first kappa shape index (κ1) is 30.0. The summed E-state index contributed by atoms with van der Waals surface area (Å²) in [5.41, 5.74) is 7.53. The number of fused-ring (bicyclic) bond motifs is 1. The Labute approximate surface area is 244 Å². The second-order valence-electron chi connectivity index (χ2n) is 11.5. The average molecular weight is 574 g/mol. The molecule has 40 heavy (non-hydrogen) atoms. The number of ketones is 1. The van der Waals surface area contributed by atoms with E-state index >= 15 is 0 Å². The molecule has 1 aromatic heterocycles. The molecule has 0 unspecified atom stereocenters. The van der Waals surface area contributed by atoms with Gasteiger partial charge in [0.2, 0.25) is 14.2 Å². The summed E-state index contributed by atoms with van der Waals surface area (Å²) in [6.07, 6.45) is 0. The van der Waals surface area contributed by atoms with E-state index in [2.05, 4.69) is 70.8 Å². The summed E-state index contributed by atoms with van der Waals surface area (Å²) in [7, 11) is -0.379. The number of carbonyl (C=O) groups excluding carboxylic acids is 1. The van der Waals surface area contributed by atoms with Crippen LogP contribution < -0.4 is 4.74 Å². The van der Waals surface area contributed by atoms with Gasteiger partial charge < -0.3 is 9.16 Å². The van der Waals surface area contributed by atoms with Crippen molar-refractivity contribution in [2.75, 3.05) is 7.11 Å². The summed E-state index contributed by atoms with van der Waals surface area (Å²) in [6, 6.07) is 21.4. The van der Waals surface area contributed by atoms with Gasteiger partial charge in [-0.1, -0.05) is 71.3 Å². The van der Waals surface area contributed by atoms with E-state index in [0.717, 1.165) is 33.2 Å². The molecule has 0 saturated heterocycles. The predicted molar refractivity (Wildman–Crippen MR) is 169 cm³/mol. The van der Waals surface area contributed by atoms with Crippen molar-refractivity contribution >= 4 is 36.6 Å². The van der Waals surface area contributed by atoms with Crippen LogP contribution in [0.2, 0.25) is 21.6 Å². The third-order valence-electron chi connectivity index (χ3n) is 8.11. The normalized spacial score (nSPS) is 12.1. The molecule has 4 nitrogen and oxygen atoms in total. The van der Waals surface area contributed by atoms with Gasteiger partial charge >= 0.3 is 0 Å². The largest absolute Gasteiger partial charge is 0.481 e. The van der Waals surface area contributed by atoms with Gasteiger partial charge in [-0.25, -0.2) is 4.98 Å². The van der Waals surface area contributed by atoms with Crippen LogP contribution >= 0.6 is 11.6 Å². The zero-order chi connectivity index (χ0) is 29.2. The molecule has 4 rings (SSSR count). The quantitative estimate of drug-likeness (QED) is 0.140. The summed E-state index contributed by atoms with van der Waals surface area (Å²) in [6.45, 7) is 16.3. The van der Waals surface area contributed by atoms with E-state index in [-0.39, 0.29) is 5.78 Å². The van der Waals surface area contributed by atoms with E-state index in [9.17, 15) is 4.79 Å². The molecule has 0 fully saturated rings. The topological polar surface area (TPSA) is 48.4 Å². The Morgan fingerprint density at radius 2 is 1.52 bits per heavy atom. The van der Waals surface area contributed by atoms with E-state index in [0.29, 0.717) is 45.3 Å². The van der Waals surface area contributed by atoms with Crippen LogP contribution in [0.15, 0.2) is 66.7 Å². The van der Waals surface area contributed by atoms with Crippen LogP contribution in [0.4, 0.5) is 0 Å². The second kappa shape index (κ2) is 12.3. The maximum absolute atomic E-state index is 13.4. The molecule has 0 aliphatic rings. The summed E-state index contributed by atoms with van der Waals surface area (Å²) in [5, 5.41) is 1.54. The van der Waals surface area contributed by atoms with E-state index < -0.39 is 8.32 Å². The lowest BCUT2D eigenvalue weighted by Crippen LogP contribution is -2.47. The molecule has 210 valence electrons. The molecule has 0 saturated carbocycles. The minimum atomic E-state index is -2.00. The highest BCUT2D eigenvalue weighted by Gasteiger charge is 2.44. The van der Waals surface area contributed by atoms with Crippen LogP contribution in [0.25, 0.3) is 22.0 Å². The van der Waals surface area contributed by atoms with Gasteiger partial charge in [0.15, 0.2) is 5.78 Å². The predicted octanol–water partition coefficient (Wildman–Crippen LogP) is 9.80. The summed E-state index contributed by atoms with van der Waals surface area (Å²) in [5.74, 6) is 0.477. The zero-order valence-electron chi connectivity index (χ0n) is 24.8. The highest BCUT2D eigenvalue weighted by Crippen LogP contribution is 2.43. The highest BCUT2D eigenvalue weighted by atomic mass is 35.5. The molecule has 1 heterocycles. The van der Waals surface area contributed by atoms with Crippen molar-refractivity contribution in [3.63, 3.8) is 0 Å². The van der Waals surface area contributed by atoms with Crippen molar-refractivity contribution in [3.05, 3.63) is 94.0 Å². The summed E-state index contributed by atoms with van der Waals surface area (Å²) in [4.78, 5) is 18.1. The van der Waals surface area contributed by atoms with E-state index in [1.807, 2.05) is 37.3 Å². The van der Waals surface area contributed by atoms with Gasteiger partial charge in [0, 0.05) is 27.6 Å². The number of ether oxygens (including phenoxy) is 1. The van der Waals surface area contributed by atoms with Gasteiger partial charge in [-0.05, 0) is 88.3 Å². The smallest absolute Gasteiger partial charge is 0.214 e. The number of hydrogen-bond donors (Lipinski definition) is 0. The van der Waals surface area contributed by atoms with Crippen LogP contribution in [-0.2, 0) is 11.0 Å². The van der Waals surface area contributed by atoms with Crippen molar-refractivity contribution < 1.29 is 14.0 Å². The Kier molecular flexibility index (Phi) is 9.18. The fourth-order valence-electron chi connectivity index (χ4n) is 6.18. The highest BCUT2D eigenvalue weighted by molar-refractivity contribution is 6.77. The Morgan fingerprint density at radius 1 is 0.875 bits per heavy atom. The Morgan fingerprint density at radius 3 is 2.15 bits per heavy atom. The number of rotatable bonds is 10. The SMILES string of the molecule is COc1cc(-c2cccc(CO[Si](C(C)C)(C(C)C)C(C)C)c2)c2cc(C(=O)c3ccc(Cl)c(C)c3)ccc2n1. The van der Waals surface area contributed by atoms with Crippen molar-refractivity contribution in [2.24, 2.45) is 0 Å². The van der Waals surface area contributed by atoms with Crippen LogP contribution in [0.5, 0.6) is 5.88 Å². The van der Waals surface area contributed by atoms with Crippen molar-refractivity contribution in [2.45, 2.75) is 71.7 Å². The lowest BCUT2D eigenvalue weighted by atomic mass is 9.95. The third-order valence-corrected chi connectivity index (χ3v) is 14.6. The molecule has 0 atom stereocenters. The molecular weight excluding hydrogens is 534 g/mol. The van der Waals surface area contributed by atoms with Crippen LogP contribution in [0.1, 0.15) is 68.6 Å². The number of carbonyl (C=O) groups is 1. The maximum Gasteiger partial charge on any atom is 0.214 e. The van der Waals surface area contributed by atoms with Gasteiger partial charge in [-0.15, -0.1) is 0 Å². The minimum absolute atomic E-state index is 0.0528. The molecule has 0 bridgehead atoms. The van der Waals surface area contributed by atoms with Gasteiger partial charge in [-0.2, -0.15) is 0 Å². The monoisotopic (exact) mass is 573 g/mol. The molecule has 0 N–H and O–H groups in total. The minimum Gasteiger partial charge on any atom is -0.481 e. The number of nitrogens with zero attached hydrogens (tertiary/aromatic N) is 1. The molecule has 0 aliphatic carbocycles. The molecule has 6 heteroatoms. The zero-order valence-corrected chi connectivity index (χ0v) is 26.6. The Balaban J connectivity index is 1.75. The average Bonchev–Trinajstić information content (AvgIpc) is 2.93. The first-order valence-electron chi connectivity index (χ1n) is 14.0. The fourth-order valence-corrected chi connectivity index (χ4v) is 11.7. The molecule has 4 aromatic rings. The van der Waals surface area contributed by atoms with Gasteiger partial charge in [-0.3, -0.25) is 4.79 Å². The maximum atomic E-state index is 13.4. The van der Waals surface area contributed by atoms with Gasteiger partial charge in [0.1, 0.15) is 0 Å². The van der Waals surface area contributed by atoms with Crippen molar-refractivity contribution in [1.29, 1.82) is 0 Å². The van der Waals surface area contributed by atoms with Crippen molar-refractivity contribution in [3.8, 4) is 17.0 Å². The first-order valence-corrected chi connectivity index (χ1v) is 16.5. The third kappa shape index (κ3) is 5.88. The van der Waals surface area contributed by atoms with E-state index in [1.165, 1.54) is 0 Å².